The van der Waals surface area contributed by atoms with Crippen molar-refractivity contribution < 1.29 is 14.0 Å². The Hall–Kier alpha value is -2.45. The number of fused-ring (bicyclic) bond motifs is 1. The summed E-state index contributed by atoms with van der Waals surface area (Å²) in [6.45, 7) is 2.76. The third-order valence-electron chi connectivity index (χ3n) is 6.65. The number of benzene rings is 2. The fraction of sp³-hybridized carbons (Fsp3) is 0.308. The predicted molar refractivity (Wildman–Crippen MR) is 137 cm³/mol. The molecule has 0 aliphatic carbocycles. The third-order valence-corrected chi connectivity index (χ3v) is 8.19. The molecule has 35 heavy (non-hydrogen) atoms. The molecule has 2 amide bonds. The Bertz CT molecular complexity index is 1260. The van der Waals surface area contributed by atoms with Crippen LogP contribution in [-0.4, -0.2) is 65.8 Å². The van der Waals surface area contributed by atoms with Crippen molar-refractivity contribution in [3.63, 3.8) is 0 Å². The summed E-state index contributed by atoms with van der Waals surface area (Å²) in [4.78, 5) is 33.1. The number of rotatable bonds is 4. The van der Waals surface area contributed by atoms with E-state index in [0.717, 1.165) is 24.1 Å². The summed E-state index contributed by atoms with van der Waals surface area (Å²) >= 11 is 13.9. The predicted octanol–water partition coefficient (Wildman–Crippen LogP) is 5.13. The molecule has 2 aliphatic heterocycles. The Labute approximate surface area is 217 Å². The van der Waals surface area contributed by atoms with E-state index in [9.17, 15) is 14.0 Å². The van der Waals surface area contributed by atoms with E-state index in [1.165, 1.54) is 10.9 Å². The van der Waals surface area contributed by atoms with Gasteiger partial charge in [0.1, 0.15) is 5.82 Å². The highest BCUT2D eigenvalue weighted by Gasteiger charge is 2.33. The molecule has 0 spiro atoms. The van der Waals surface area contributed by atoms with Crippen molar-refractivity contribution in [3.8, 4) is 0 Å². The fourth-order valence-electron chi connectivity index (χ4n) is 4.87. The Balaban J connectivity index is 1.25. The second-order valence-corrected chi connectivity index (χ2v) is 10.6. The maximum absolute atomic E-state index is 14.0. The van der Waals surface area contributed by atoms with E-state index in [2.05, 4.69) is 16.3 Å². The molecule has 1 saturated heterocycles. The van der Waals surface area contributed by atoms with Crippen LogP contribution in [0.5, 0.6) is 0 Å². The lowest BCUT2D eigenvalue weighted by molar-refractivity contribution is -0.134. The van der Waals surface area contributed by atoms with Gasteiger partial charge in [-0.25, -0.2) is 4.39 Å². The minimum Gasteiger partial charge on any atom is -0.338 e. The molecule has 5 nitrogen and oxygen atoms in total. The average molecular weight is 532 g/mol. The molecule has 2 aliphatic rings. The van der Waals surface area contributed by atoms with Crippen molar-refractivity contribution in [2.24, 2.45) is 0 Å². The van der Waals surface area contributed by atoms with E-state index in [1.807, 2.05) is 6.07 Å². The molecule has 2 aromatic carbocycles. The van der Waals surface area contributed by atoms with Crippen molar-refractivity contribution >= 4 is 46.4 Å². The highest BCUT2D eigenvalue weighted by Crippen LogP contribution is 2.37. The molecule has 5 rings (SSSR count). The summed E-state index contributed by atoms with van der Waals surface area (Å²) in [6.07, 6.45) is 0.871. The topological polar surface area (TPSA) is 43.9 Å². The van der Waals surface area contributed by atoms with Crippen LogP contribution in [0, 0.1) is 5.82 Å². The lowest BCUT2D eigenvalue weighted by atomic mass is 9.93. The van der Waals surface area contributed by atoms with Crippen LogP contribution >= 0.6 is 34.5 Å². The minimum absolute atomic E-state index is 0.0155. The van der Waals surface area contributed by atoms with Gasteiger partial charge in [-0.1, -0.05) is 35.3 Å². The van der Waals surface area contributed by atoms with Crippen LogP contribution in [0.25, 0.3) is 0 Å². The molecule has 1 aromatic heterocycles. The first-order valence-electron chi connectivity index (χ1n) is 11.5. The summed E-state index contributed by atoms with van der Waals surface area (Å²) in [5.41, 5.74) is 2.41. The minimum atomic E-state index is -0.280. The van der Waals surface area contributed by atoms with Gasteiger partial charge < -0.3 is 9.80 Å². The number of carbonyl (C=O) groups excluding carboxylic acids is 2. The maximum Gasteiger partial charge on any atom is 0.255 e. The van der Waals surface area contributed by atoms with E-state index in [0.29, 0.717) is 41.8 Å². The largest absolute Gasteiger partial charge is 0.338 e. The van der Waals surface area contributed by atoms with Crippen molar-refractivity contribution in [2.75, 3.05) is 39.3 Å². The molecule has 1 fully saturated rings. The fourth-order valence-corrected chi connectivity index (χ4v) is 6.26. The first kappa shape index (κ1) is 24.3. The van der Waals surface area contributed by atoms with Crippen LogP contribution in [0.2, 0.25) is 10.0 Å². The van der Waals surface area contributed by atoms with Crippen molar-refractivity contribution in [1.82, 2.24) is 14.7 Å². The lowest BCUT2D eigenvalue weighted by Gasteiger charge is -2.39. The average Bonchev–Trinajstić information content (AvgIpc) is 3.32. The van der Waals surface area contributed by atoms with Crippen LogP contribution in [0.15, 0.2) is 53.9 Å². The van der Waals surface area contributed by atoms with Gasteiger partial charge in [0.15, 0.2) is 0 Å². The summed E-state index contributed by atoms with van der Waals surface area (Å²) in [6, 6.07) is 13.4. The molecule has 9 heteroatoms. The number of carbonyl (C=O) groups is 2. The number of amides is 2. The van der Waals surface area contributed by atoms with Crippen molar-refractivity contribution in [3.05, 3.63) is 91.3 Å². The van der Waals surface area contributed by atoms with Gasteiger partial charge in [-0.05, 0) is 59.3 Å². The van der Waals surface area contributed by atoms with Crippen LogP contribution in [-0.2, 0) is 11.2 Å². The van der Waals surface area contributed by atoms with Crippen molar-refractivity contribution in [2.45, 2.75) is 12.5 Å². The van der Waals surface area contributed by atoms with Gasteiger partial charge in [-0.15, -0.1) is 11.3 Å². The normalized spacial score (nSPS) is 18.4. The summed E-state index contributed by atoms with van der Waals surface area (Å²) < 4.78 is 14.0. The first-order valence-corrected chi connectivity index (χ1v) is 13.1. The number of piperazine rings is 1. The van der Waals surface area contributed by atoms with E-state index < -0.39 is 0 Å². The van der Waals surface area contributed by atoms with Crippen LogP contribution < -0.4 is 0 Å². The molecule has 3 heterocycles. The molecule has 182 valence electrons. The second kappa shape index (κ2) is 10.3. The number of hydrogen-bond donors (Lipinski definition) is 0. The van der Waals surface area contributed by atoms with Gasteiger partial charge >= 0.3 is 0 Å². The Morgan fingerprint density at radius 3 is 2.49 bits per heavy atom. The van der Waals surface area contributed by atoms with E-state index in [1.54, 1.807) is 51.5 Å². The monoisotopic (exact) mass is 531 g/mol. The van der Waals surface area contributed by atoms with Crippen LogP contribution in [0.1, 0.15) is 32.4 Å². The SMILES string of the molecule is O=C(CN1CCc2sccc2[C@H]1c1cccc(F)c1)N1CCN(C(=O)c2ccc(Cl)cc2Cl)CC1. The zero-order valence-electron chi connectivity index (χ0n) is 18.9. The quantitative estimate of drug-likeness (QED) is 0.468. The van der Waals surface area contributed by atoms with E-state index >= 15 is 0 Å². The van der Waals surface area contributed by atoms with E-state index in [-0.39, 0.29) is 30.2 Å². The smallest absolute Gasteiger partial charge is 0.255 e. The second-order valence-electron chi connectivity index (χ2n) is 8.77. The van der Waals surface area contributed by atoms with Gasteiger partial charge in [0.05, 0.1) is 23.2 Å². The molecule has 0 radical (unpaired) electrons. The van der Waals surface area contributed by atoms with E-state index in [4.69, 9.17) is 23.2 Å². The molecule has 0 N–H and O–H groups in total. The Morgan fingerprint density at radius 2 is 1.74 bits per heavy atom. The molecule has 0 saturated carbocycles. The molecule has 1 atom stereocenters. The standard InChI is InChI=1S/C26H24Cl2FN3O2S/c27-18-4-5-20(22(28)15-18)26(34)31-11-9-30(10-12-31)24(33)16-32-8-6-23-21(7-13-35-23)25(32)17-2-1-3-19(29)14-17/h1-5,7,13-15,25H,6,8-12,16H2/t25-/m1/s1. The van der Waals surface area contributed by atoms with Crippen LogP contribution in [0.4, 0.5) is 4.39 Å². The summed E-state index contributed by atoms with van der Waals surface area (Å²) in [5.74, 6) is -0.426. The molecule has 0 bridgehead atoms. The van der Waals surface area contributed by atoms with Gasteiger partial charge in [0, 0.05) is 42.6 Å². The zero-order valence-corrected chi connectivity index (χ0v) is 21.3. The Morgan fingerprint density at radius 1 is 0.971 bits per heavy atom. The Kier molecular flexibility index (Phi) is 7.12. The zero-order chi connectivity index (χ0) is 24.5. The highest BCUT2D eigenvalue weighted by molar-refractivity contribution is 7.10. The number of nitrogens with zero attached hydrogens (tertiary/aromatic N) is 3. The number of hydrogen-bond acceptors (Lipinski definition) is 4. The van der Waals surface area contributed by atoms with Gasteiger partial charge in [0.2, 0.25) is 5.91 Å². The molecular formula is C26H24Cl2FN3O2S. The number of thiophene rings is 1. The van der Waals surface area contributed by atoms with Gasteiger partial charge in [0.25, 0.3) is 5.91 Å². The lowest BCUT2D eigenvalue weighted by Crippen LogP contribution is -2.53. The summed E-state index contributed by atoms with van der Waals surface area (Å²) in [5, 5.41) is 2.86. The first-order chi connectivity index (χ1) is 16.9. The maximum atomic E-state index is 14.0. The molecule has 0 unspecified atom stereocenters. The molecule has 3 aromatic rings. The van der Waals surface area contributed by atoms with Gasteiger partial charge in [-0.3, -0.25) is 14.5 Å². The third kappa shape index (κ3) is 5.09. The van der Waals surface area contributed by atoms with Crippen LogP contribution in [0.3, 0.4) is 0 Å². The van der Waals surface area contributed by atoms with Crippen molar-refractivity contribution in [1.29, 1.82) is 0 Å². The molecular weight excluding hydrogens is 508 g/mol. The van der Waals surface area contributed by atoms with Gasteiger partial charge in [-0.2, -0.15) is 0 Å². The highest BCUT2D eigenvalue weighted by atomic mass is 35.5. The number of halogens is 3. The summed E-state index contributed by atoms with van der Waals surface area (Å²) in [7, 11) is 0.